The number of anilines is 1. The molecule has 2 aromatic rings. The maximum atomic E-state index is 12.0. The van der Waals surface area contributed by atoms with Gasteiger partial charge < -0.3 is 25.6 Å². The van der Waals surface area contributed by atoms with Crippen molar-refractivity contribution in [2.75, 3.05) is 45.2 Å². The summed E-state index contributed by atoms with van der Waals surface area (Å²) in [6.07, 6.45) is 0.469. The van der Waals surface area contributed by atoms with Crippen LogP contribution in [-0.4, -0.2) is 56.6 Å². The van der Waals surface area contributed by atoms with Gasteiger partial charge in [0, 0.05) is 44.7 Å². The molecule has 0 aliphatic carbocycles. The number of hydrogen-bond acceptors (Lipinski definition) is 4. The fourth-order valence-corrected chi connectivity index (χ4v) is 3.85. The highest BCUT2D eigenvalue weighted by Gasteiger charge is 2.24. The summed E-state index contributed by atoms with van der Waals surface area (Å²) in [5, 5.41) is 9.65. The zero-order valence-electron chi connectivity index (χ0n) is 19.4. The van der Waals surface area contributed by atoms with Gasteiger partial charge in [-0.15, -0.1) is 0 Å². The molecule has 1 unspecified atom stereocenters. The molecule has 7 heteroatoms. The van der Waals surface area contributed by atoms with Gasteiger partial charge in [-0.2, -0.15) is 0 Å². The van der Waals surface area contributed by atoms with Crippen LogP contribution in [0.15, 0.2) is 53.5 Å². The second-order valence-electron chi connectivity index (χ2n) is 7.86. The summed E-state index contributed by atoms with van der Waals surface area (Å²) in [4.78, 5) is 18.7. The maximum Gasteiger partial charge on any atom is 0.225 e. The van der Waals surface area contributed by atoms with E-state index in [0.717, 1.165) is 42.2 Å². The Balaban J connectivity index is 1.45. The lowest BCUT2D eigenvalue weighted by molar-refractivity contribution is -0.116. The lowest BCUT2D eigenvalue weighted by Crippen LogP contribution is -2.40. The first kappa shape index (κ1) is 23.6. The molecule has 2 aromatic carbocycles. The normalized spacial score (nSPS) is 15.8. The largest absolute Gasteiger partial charge is 0.492 e. The number of fused-ring (bicyclic) bond motifs is 1. The van der Waals surface area contributed by atoms with Crippen molar-refractivity contribution in [2.45, 2.75) is 32.7 Å². The number of rotatable bonds is 10. The van der Waals surface area contributed by atoms with E-state index in [0.29, 0.717) is 32.1 Å². The number of carbonyl (C=O) groups is 1. The number of nitrogens with zero attached hydrogens (tertiary/aromatic N) is 2. The Bertz CT molecular complexity index is 893. The van der Waals surface area contributed by atoms with E-state index in [4.69, 9.17) is 4.74 Å². The van der Waals surface area contributed by atoms with Gasteiger partial charge in [0.1, 0.15) is 12.4 Å². The molecule has 32 heavy (non-hydrogen) atoms. The van der Waals surface area contributed by atoms with Gasteiger partial charge in [0.15, 0.2) is 5.96 Å². The van der Waals surface area contributed by atoms with E-state index in [9.17, 15) is 4.79 Å². The predicted octanol–water partition coefficient (Wildman–Crippen LogP) is 3.20. The van der Waals surface area contributed by atoms with Gasteiger partial charge in [0.05, 0.1) is 0 Å². The minimum Gasteiger partial charge on any atom is -0.492 e. The molecule has 1 aliphatic heterocycles. The molecule has 0 saturated heterocycles. The summed E-state index contributed by atoms with van der Waals surface area (Å²) in [6.45, 7) is 9.34. The minimum atomic E-state index is 0.0536. The average Bonchev–Trinajstić information content (AvgIpc) is 2.82. The third kappa shape index (κ3) is 6.72. The van der Waals surface area contributed by atoms with Crippen molar-refractivity contribution in [2.24, 2.45) is 4.99 Å². The summed E-state index contributed by atoms with van der Waals surface area (Å²) in [6, 6.07) is 16.1. The third-order valence-corrected chi connectivity index (χ3v) is 5.80. The van der Waals surface area contributed by atoms with Gasteiger partial charge in [-0.3, -0.25) is 9.79 Å². The number of amides is 1. The lowest BCUT2D eigenvalue weighted by atomic mass is 9.90. The highest BCUT2D eigenvalue weighted by Crippen LogP contribution is 2.31. The number of nitrogens with one attached hydrogen (secondary N) is 3. The number of hydrogen-bond donors (Lipinski definition) is 3. The number of guanidine groups is 1. The number of aliphatic imine (C=N–C) groups is 1. The van der Waals surface area contributed by atoms with Gasteiger partial charge >= 0.3 is 0 Å². The topological polar surface area (TPSA) is 78.0 Å². The van der Waals surface area contributed by atoms with Crippen molar-refractivity contribution in [1.82, 2.24) is 15.5 Å². The molecule has 0 saturated carbocycles. The van der Waals surface area contributed by atoms with Crippen LogP contribution in [0.3, 0.4) is 0 Å². The van der Waals surface area contributed by atoms with Crippen LogP contribution >= 0.6 is 0 Å². The van der Waals surface area contributed by atoms with Crippen LogP contribution < -0.4 is 20.7 Å². The Labute approximate surface area is 191 Å². The van der Waals surface area contributed by atoms with E-state index in [1.165, 1.54) is 0 Å². The maximum absolute atomic E-state index is 12.0. The molecule has 1 atom stereocenters. The SMILES string of the molecule is CCN(CC)CCOc1ccc(CNC(=NC)NCC2CC(=O)Nc3ccccc32)cc1. The Kier molecular flexibility index (Phi) is 8.92. The van der Waals surface area contributed by atoms with Crippen LogP contribution in [0.25, 0.3) is 0 Å². The summed E-state index contributed by atoms with van der Waals surface area (Å²) in [7, 11) is 1.75. The van der Waals surface area contributed by atoms with E-state index in [1.54, 1.807) is 7.05 Å². The summed E-state index contributed by atoms with van der Waals surface area (Å²) in [5.41, 5.74) is 3.20. The minimum absolute atomic E-state index is 0.0536. The highest BCUT2D eigenvalue weighted by molar-refractivity contribution is 5.94. The first-order chi connectivity index (χ1) is 15.6. The van der Waals surface area contributed by atoms with Gasteiger partial charge in [-0.25, -0.2) is 0 Å². The predicted molar refractivity (Wildman–Crippen MR) is 130 cm³/mol. The van der Waals surface area contributed by atoms with Crippen molar-refractivity contribution in [3.05, 3.63) is 59.7 Å². The second kappa shape index (κ2) is 12.1. The fourth-order valence-electron chi connectivity index (χ4n) is 3.85. The highest BCUT2D eigenvalue weighted by atomic mass is 16.5. The van der Waals surface area contributed by atoms with Crippen molar-refractivity contribution in [1.29, 1.82) is 0 Å². The molecule has 3 N–H and O–H groups in total. The first-order valence-electron chi connectivity index (χ1n) is 11.4. The molecule has 7 nitrogen and oxygen atoms in total. The van der Waals surface area contributed by atoms with Gasteiger partial charge in [0.2, 0.25) is 5.91 Å². The molecule has 0 aromatic heterocycles. The molecule has 1 aliphatic rings. The number of para-hydroxylation sites is 1. The van der Waals surface area contributed by atoms with Gasteiger partial charge in [-0.05, 0) is 42.4 Å². The second-order valence-corrected chi connectivity index (χ2v) is 7.86. The van der Waals surface area contributed by atoms with Crippen molar-refractivity contribution >= 4 is 17.6 Å². The van der Waals surface area contributed by atoms with Crippen LogP contribution in [0.5, 0.6) is 5.75 Å². The van der Waals surface area contributed by atoms with E-state index >= 15 is 0 Å². The van der Waals surface area contributed by atoms with Crippen LogP contribution in [0.2, 0.25) is 0 Å². The smallest absolute Gasteiger partial charge is 0.225 e. The van der Waals surface area contributed by atoms with Crippen LogP contribution in [-0.2, 0) is 11.3 Å². The van der Waals surface area contributed by atoms with Crippen LogP contribution in [0.1, 0.15) is 37.3 Å². The number of ether oxygens (including phenoxy) is 1. The monoisotopic (exact) mass is 437 g/mol. The van der Waals surface area contributed by atoms with Crippen molar-refractivity contribution < 1.29 is 9.53 Å². The quantitative estimate of drug-likeness (QED) is 0.393. The van der Waals surface area contributed by atoms with Crippen molar-refractivity contribution in [3.8, 4) is 5.75 Å². The van der Waals surface area contributed by atoms with E-state index in [2.05, 4.69) is 57.9 Å². The molecule has 0 fully saturated rings. The number of likely N-dealkylation sites (N-methyl/N-ethyl adjacent to an activating group) is 1. The lowest BCUT2D eigenvalue weighted by Gasteiger charge is -2.26. The molecule has 1 heterocycles. The molecule has 3 rings (SSSR count). The van der Waals surface area contributed by atoms with E-state index in [1.807, 2.05) is 30.3 Å². The summed E-state index contributed by atoms with van der Waals surface area (Å²) >= 11 is 0. The Hall–Kier alpha value is -3.06. The van der Waals surface area contributed by atoms with Crippen LogP contribution in [0, 0.1) is 0 Å². The zero-order valence-corrected chi connectivity index (χ0v) is 19.4. The van der Waals surface area contributed by atoms with Gasteiger partial charge in [0.25, 0.3) is 0 Å². The number of benzene rings is 2. The van der Waals surface area contributed by atoms with E-state index < -0.39 is 0 Å². The van der Waals surface area contributed by atoms with Crippen molar-refractivity contribution in [3.63, 3.8) is 0 Å². The average molecular weight is 438 g/mol. The number of carbonyl (C=O) groups excluding carboxylic acids is 1. The first-order valence-corrected chi connectivity index (χ1v) is 11.4. The fraction of sp³-hybridized carbons (Fsp3) is 0.440. The molecular weight excluding hydrogens is 402 g/mol. The molecule has 0 spiro atoms. The van der Waals surface area contributed by atoms with Gasteiger partial charge in [-0.1, -0.05) is 44.2 Å². The Morgan fingerprint density at radius 1 is 1.12 bits per heavy atom. The van der Waals surface area contributed by atoms with Crippen LogP contribution in [0.4, 0.5) is 5.69 Å². The summed E-state index contributed by atoms with van der Waals surface area (Å²) in [5.74, 6) is 1.77. The standard InChI is InChI=1S/C25H35N5O2/c1-4-30(5-2)14-15-32-21-12-10-19(11-13-21)17-27-25(26-3)28-18-20-16-24(31)29-23-9-7-6-8-22(20)23/h6-13,20H,4-5,14-18H2,1-3H3,(H,29,31)(H2,26,27,28). The van der Waals surface area contributed by atoms with E-state index in [-0.39, 0.29) is 11.8 Å². The molecule has 172 valence electrons. The Morgan fingerprint density at radius 2 is 1.88 bits per heavy atom. The Morgan fingerprint density at radius 3 is 2.59 bits per heavy atom. The molecule has 0 bridgehead atoms. The zero-order chi connectivity index (χ0) is 22.8. The summed E-state index contributed by atoms with van der Waals surface area (Å²) < 4.78 is 5.85. The molecular formula is C25H35N5O2. The third-order valence-electron chi connectivity index (χ3n) is 5.80. The molecule has 0 radical (unpaired) electrons. The molecule has 1 amide bonds.